The van der Waals surface area contributed by atoms with Crippen molar-refractivity contribution in [3.63, 3.8) is 0 Å². The van der Waals surface area contributed by atoms with Gasteiger partial charge in [-0.25, -0.2) is 4.79 Å². The summed E-state index contributed by atoms with van der Waals surface area (Å²) in [6.45, 7) is 3.38. The number of β-lactam (4-membered cyclic amide) rings is 1. The molecule has 7 nitrogen and oxygen atoms in total. The number of amides is 2. The molecule has 0 spiro atoms. The number of carbonyl (C=O) groups excluding carboxylic acids is 2. The lowest BCUT2D eigenvalue weighted by Crippen LogP contribution is -2.78. The van der Waals surface area contributed by atoms with Gasteiger partial charge in [0.25, 0.3) is 11.8 Å². The van der Waals surface area contributed by atoms with Gasteiger partial charge in [0.1, 0.15) is 17.2 Å². The lowest BCUT2D eigenvalue weighted by Gasteiger charge is -2.52. The van der Waals surface area contributed by atoms with E-state index in [0.29, 0.717) is 5.75 Å². The minimum absolute atomic E-state index is 0.220. The van der Waals surface area contributed by atoms with Gasteiger partial charge < -0.3 is 20.1 Å². The van der Waals surface area contributed by atoms with Crippen LogP contribution in [0.3, 0.4) is 0 Å². The maximum Gasteiger partial charge on any atom is 0.327 e. The van der Waals surface area contributed by atoms with Crippen LogP contribution >= 0.6 is 23.5 Å². The summed E-state index contributed by atoms with van der Waals surface area (Å²) in [5, 5.41) is 11.8. The van der Waals surface area contributed by atoms with Crippen molar-refractivity contribution in [1.82, 2.24) is 10.2 Å². The van der Waals surface area contributed by atoms with Crippen molar-refractivity contribution in [3.8, 4) is 5.75 Å². The van der Waals surface area contributed by atoms with Crippen molar-refractivity contribution in [2.75, 3.05) is 12.9 Å². The maximum absolute atomic E-state index is 12.8. The Morgan fingerprint density at radius 1 is 1.35 bits per heavy atom. The predicted octanol–water partition coefficient (Wildman–Crippen LogP) is 1.39. The van der Waals surface area contributed by atoms with E-state index in [9.17, 15) is 19.5 Å². The molecule has 26 heavy (non-hydrogen) atoms. The smallest absolute Gasteiger partial charge is 0.327 e. The summed E-state index contributed by atoms with van der Waals surface area (Å²) < 4.78 is 4.78. The highest BCUT2D eigenvalue weighted by Crippen LogP contribution is 2.57. The highest BCUT2D eigenvalue weighted by molar-refractivity contribution is 8.05. The van der Waals surface area contributed by atoms with Gasteiger partial charge in [0.05, 0.1) is 0 Å². The molecule has 1 aromatic carbocycles. The SMILES string of the molecule is CS[C@@]1(NC(=O)COc2ccccc2)C(=O)N2[C@@H](C(=O)O)C(C)(C)S[C@@H]21. The van der Waals surface area contributed by atoms with E-state index in [2.05, 4.69) is 5.32 Å². The molecule has 0 unspecified atom stereocenters. The summed E-state index contributed by atoms with van der Waals surface area (Å²) in [7, 11) is 0. The Morgan fingerprint density at radius 2 is 2.00 bits per heavy atom. The van der Waals surface area contributed by atoms with Gasteiger partial charge in [0.15, 0.2) is 11.5 Å². The number of aliphatic carboxylic acids is 1. The van der Waals surface area contributed by atoms with Gasteiger partial charge >= 0.3 is 5.97 Å². The molecule has 3 atom stereocenters. The minimum atomic E-state index is -1.16. The Bertz CT molecular complexity index is 742. The first kappa shape index (κ1) is 18.9. The zero-order valence-corrected chi connectivity index (χ0v) is 16.2. The number of fused-ring (bicyclic) bond motifs is 1. The number of para-hydroxylation sites is 1. The van der Waals surface area contributed by atoms with Crippen LogP contribution in [0.25, 0.3) is 0 Å². The van der Waals surface area contributed by atoms with E-state index < -0.39 is 32.9 Å². The van der Waals surface area contributed by atoms with Crippen molar-refractivity contribution >= 4 is 41.3 Å². The number of rotatable bonds is 6. The van der Waals surface area contributed by atoms with Crippen LogP contribution in [0.4, 0.5) is 0 Å². The highest BCUT2D eigenvalue weighted by atomic mass is 32.2. The number of ether oxygens (including phenoxy) is 1. The van der Waals surface area contributed by atoms with Crippen LogP contribution in [0.2, 0.25) is 0 Å². The molecular weight excluding hydrogens is 376 g/mol. The largest absolute Gasteiger partial charge is 0.484 e. The Balaban J connectivity index is 1.71. The number of carbonyl (C=O) groups is 3. The van der Waals surface area contributed by atoms with Crippen molar-refractivity contribution < 1.29 is 24.2 Å². The molecule has 2 N–H and O–H groups in total. The first-order valence-electron chi connectivity index (χ1n) is 8.00. The van der Waals surface area contributed by atoms with E-state index in [1.165, 1.54) is 28.4 Å². The first-order valence-corrected chi connectivity index (χ1v) is 10.1. The zero-order valence-electron chi connectivity index (χ0n) is 14.6. The fourth-order valence-electron chi connectivity index (χ4n) is 3.29. The lowest BCUT2D eigenvalue weighted by molar-refractivity contribution is -0.163. The molecule has 0 radical (unpaired) electrons. The Labute approximate surface area is 159 Å². The molecule has 9 heteroatoms. The quantitative estimate of drug-likeness (QED) is 0.554. The summed E-state index contributed by atoms with van der Waals surface area (Å²) in [6, 6.07) is 8.00. The van der Waals surface area contributed by atoms with Crippen LogP contribution in [-0.4, -0.2) is 61.7 Å². The molecule has 3 rings (SSSR count). The van der Waals surface area contributed by atoms with Gasteiger partial charge in [-0.2, -0.15) is 0 Å². The summed E-state index contributed by atoms with van der Waals surface area (Å²) in [5.41, 5.74) is 0. The molecule has 2 aliphatic rings. The average Bonchev–Trinajstić information content (AvgIpc) is 2.88. The van der Waals surface area contributed by atoms with E-state index in [0.717, 1.165) is 0 Å². The van der Waals surface area contributed by atoms with Gasteiger partial charge in [0.2, 0.25) is 0 Å². The van der Waals surface area contributed by atoms with Crippen molar-refractivity contribution in [2.45, 2.75) is 34.9 Å². The Kier molecular flexibility index (Phi) is 4.87. The van der Waals surface area contributed by atoms with Gasteiger partial charge in [-0.3, -0.25) is 9.59 Å². The van der Waals surface area contributed by atoms with E-state index in [1.54, 1.807) is 44.4 Å². The number of hydrogen-bond acceptors (Lipinski definition) is 6. The average molecular weight is 396 g/mol. The molecule has 1 aromatic rings. The fourth-order valence-corrected chi connectivity index (χ4v) is 6.11. The minimum Gasteiger partial charge on any atom is -0.484 e. The van der Waals surface area contributed by atoms with Gasteiger partial charge in [-0.15, -0.1) is 23.5 Å². The Hall–Kier alpha value is -1.87. The molecule has 2 fully saturated rings. The summed E-state index contributed by atoms with van der Waals surface area (Å²) >= 11 is 2.61. The Morgan fingerprint density at radius 3 is 2.58 bits per heavy atom. The number of nitrogens with zero attached hydrogens (tertiary/aromatic N) is 1. The van der Waals surface area contributed by atoms with Crippen LogP contribution in [0, 0.1) is 0 Å². The van der Waals surface area contributed by atoms with Crippen LogP contribution in [0.5, 0.6) is 5.75 Å². The molecule has 0 bridgehead atoms. The zero-order chi connectivity index (χ0) is 19.1. The second kappa shape index (κ2) is 6.70. The third-order valence-electron chi connectivity index (χ3n) is 4.50. The normalized spacial score (nSPS) is 28.9. The molecule has 0 saturated carbocycles. The second-order valence-electron chi connectivity index (χ2n) is 6.62. The summed E-state index contributed by atoms with van der Waals surface area (Å²) in [6.07, 6.45) is 1.73. The molecule has 2 saturated heterocycles. The molecule has 2 amide bonds. The lowest BCUT2D eigenvalue weighted by atomic mass is 9.95. The highest BCUT2D eigenvalue weighted by Gasteiger charge is 2.72. The standard InChI is InChI=1S/C17H20N2O5S2/c1-16(2)12(13(21)22)19-14(23)17(25-3,15(19)26-16)18-11(20)9-24-10-7-5-4-6-8-10/h4-8,12,15H,9H2,1-3H3,(H,18,20)(H,21,22)/t12-,15+,17-/m0/s1. The van der Waals surface area contributed by atoms with Gasteiger partial charge in [-0.1, -0.05) is 18.2 Å². The van der Waals surface area contributed by atoms with E-state index in [-0.39, 0.29) is 12.5 Å². The first-order chi connectivity index (χ1) is 12.2. The molecule has 2 heterocycles. The monoisotopic (exact) mass is 396 g/mol. The number of benzene rings is 1. The van der Waals surface area contributed by atoms with Gasteiger partial charge in [-0.05, 0) is 32.2 Å². The number of thioether (sulfide) groups is 2. The summed E-state index contributed by atoms with van der Waals surface area (Å²) in [5.74, 6) is -1.28. The van der Waals surface area contributed by atoms with E-state index in [1.807, 2.05) is 6.07 Å². The number of carboxylic acid groups (broad SMARTS) is 1. The third-order valence-corrected chi connectivity index (χ3v) is 7.43. The number of nitrogens with one attached hydrogen (secondary N) is 1. The topological polar surface area (TPSA) is 95.9 Å². The van der Waals surface area contributed by atoms with Crippen molar-refractivity contribution in [3.05, 3.63) is 30.3 Å². The fraction of sp³-hybridized carbons (Fsp3) is 0.471. The molecule has 140 valence electrons. The van der Waals surface area contributed by atoms with E-state index >= 15 is 0 Å². The van der Waals surface area contributed by atoms with Crippen molar-refractivity contribution in [2.24, 2.45) is 0 Å². The van der Waals surface area contributed by atoms with Crippen LogP contribution in [0.1, 0.15) is 13.8 Å². The predicted molar refractivity (Wildman–Crippen MR) is 100 cm³/mol. The molecular formula is C17H20N2O5S2. The number of hydrogen-bond donors (Lipinski definition) is 2. The second-order valence-corrected chi connectivity index (χ2v) is 9.40. The third kappa shape index (κ3) is 2.92. The molecule has 0 aromatic heterocycles. The van der Waals surface area contributed by atoms with Gasteiger partial charge in [0, 0.05) is 4.75 Å². The van der Waals surface area contributed by atoms with Crippen LogP contribution in [-0.2, 0) is 14.4 Å². The number of carboxylic acids is 1. The molecule has 0 aliphatic carbocycles. The maximum atomic E-state index is 12.8. The van der Waals surface area contributed by atoms with Crippen LogP contribution < -0.4 is 10.1 Å². The van der Waals surface area contributed by atoms with E-state index in [4.69, 9.17) is 4.74 Å². The molecule has 2 aliphatic heterocycles. The summed E-state index contributed by atoms with van der Waals surface area (Å²) in [4.78, 5) is 36.9. The van der Waals surface area contributed by atoms with Crippen LogP contribution in [0.15, 0.2) is 30.3 Å². The van der Waals surface area contributed by atoms with Crippen molar-refractivity contribution in [1.29, 1.82) is 0 Å².